The normalized spacial score (nSPS) is 18.5. The van der Waals surface area contributed by atoms with Gasteiger partial charge in [0.1, 0.15) is 18.2 Å². The summed E-state index contributed by atoms with van der Waals surface area (Å²) in [6.07, 6.45) is 1.13. The van der Waals surface area contributed by atoms with E-state index in [0.717, 1.165) is 55.6 Å². The van der Waals surface area contributed by atoms with Gasteiger partial charge in [0.25, 0.3) is 0 Å². The number of hydrogen-bond acceptors (Lipinski definition) is 4. The maximum atomic E-state index is 5.77. The standard InChI is InChI=1S/C18H23N3O/c1-14-12-15(2)20-18(19-14)16-8-9-21(13-16)10-11-22-17-6-4-3-5-7-17/h3-7,12,16H,8-11,13H2,1-2H3. The third-order valence-electron chi connectivity index (χ3n) is 4.06. The number of rotatable bonds is 5. The Morgan fingerprint density at radius 3 is 2.59 bits per heavy atom. The topological polar surface area (TPSA) is 38.2 Å². The summed E-state index contributed by atoms with van der Waals surface area (Å²) in [6.45, 7) is 7.89. The molecule has 1 saturated heterocycles. The molecule has 1 aromatic heterocycles. The molecule has 116 valence electrons. The number of para-hydroxylation sites is 1. The van der Waals surface area contributed by atoms with Crippen LogP contribution >= 0.6 is 0 Å². The molecule has 22 heavy (non-hydrogen) atoms. The van der Waals surface area contributed by atoms with Crippen LogP contribution in [-0.4, -0.2) is 41.1 Å². The van der Waals surface area contributed by atoms with Crippen LogP contribution in [0.4, 0.5) is 0 Å². The number of hydrogen-bond donors (Lipinski definition) is 0. The Bertz CT molecular complexity index is 595. The summed E-state index contributed by atoms with van der Waals surface area (Å²) < 4.78 is 5.77. The first-order valence-corrected chi connectivity index (χ1v) is 7.93. The summed E-state index contributed by atoms with van der Waals surface area (Å²) in [7, 11) is 0. The molecule has 0 saturated carbocycles. The lowest BCUT2D eigenvalue weighted by Gasteiger charge is -2.16. The molecule has 0 radical (unpaired) electrons. The Hall–Kier alpha value is -1.94. The van der Waals surface area contributed by atoms with Crippen molar-refractivity contribution in [3.8, 4) is 5.75 Å². The minimum absolute atomic E-state index is 0.454. The summed E-state index contributed by atoms with van der Waals surface area (Å²) in [5, 5.41) is 0. The zero-order valence-corrected chi connectivity index (χ0v) is 13.3. The number of aryl methyl sites for hydroxylation is 2. The zero-order chi connectivity index (χ0) is 15.4. The van der Waals surface area contributed by atoms with Crippen molar-refractivity contribution >= 4 is 0 Å². The average Bonchev–Trinajstić information content (AvgIpc) is 2.96. The highest BCUT2D eigenvalue weighted by molar-refractivity contribution is 5.20. The van der Waals surface area contributed by atoms with Gasteiger partial charge in [0.15, 0.2) is 0 Å². The first-order valence-electron chi connectivity index (χ1n) is 7.93. The molecule has 0 aliphatic carbocycles. The molecule has 0 N–H and O–H groups in total. The molecule has 3 rings (SSSR count). The summed E-state index contributed by atoms with van der Waals surface area (Å²) in [6, 6.07) is 12.0. The third kappa shape index (κ3) is 3.83. The molecular weight excluding hydrogens is 274 g/mol. The van der Waals surface area contributed by atoms with Gasteiger partial charge in [0.05, 0.1) is 0 Å². The van der Waals surface area contributed by atoms with Crippen molar-refractivity contribution in [2.24, 2.45) is 0 Å². The fourth-order valence-corrected chi connectivity index (χ4v) is 2.99. The molecule has 1 unspecified atom stereocenters. The Morgan fingerprint density at radius 2 is 1.86 bits per heavy atom. The second-order valence-corrected chi connectivity index (χ2v) is 5.96. The van der Waals surface area contributed by atoms with Crippen LogP contribution < -0.4 is 4.74 Å². The van der Waals surface area contributed by atoms with E-state index in [1.165, 1.54) is 0 Å². The van der Waals surface area contributed by atoms with Crippen LogP contribution in [0.2, 0.25) is 0 Å². The minimum atomic E-state index is 0.454. The second-order valence-electron chi connectivity index (χ2n) is 5.96. The van der Waals surface area contributed by atoms with E-state index in [0.29, 0.717) is 5.92 Å². The van der Waals surface area contributed by atoms with Crippen molar-refractivity contribution in [3.05, 3.63) is 53.6 Å². The molecule has 0 spiro atoms. The number of benzene rings is 1. The highest BCUT2D eigenvalue weighted by atomic mass is 16.5. The predicted octanol–water partition coefficient (Wildman–Crippen LogP) is 2.96. The monoisotopic (exact) mass is 297 g/mol. The molecule has 1 fully saturated rings. The number of nitrogens with zero attached hydrogens (tertiary/aromatic N) is 3. The number of likely N-dealkylation sites (tertiary alicyclic amines) is 1. The Morgan fingerprint density at radius 1 is 1.14 bits per heavy atom. The molecule has 1 aliphatic heterocycles. The highest BCUT2D eigenvalue weighted by Crippen LogP contribution is 2.24. The Balaban J connectivity index is 1.50. The molecular formula is C18H23N3O. The van der Waals surface area contributed by atoms with E-state index < -0.39 is 0 Å². The van der Waals surface area contributed by atoms with Gasteiger partial charge in [-0.25, -0.2) is 9.97 Å². The van der Waals surface area contributed by atoms with Crippen molar-refractivity contribution in [1.82, 2.24) is 14.9 Å². The van der Waals surface area contributed by atoms with Crippen LogP contribution in [0.1, 0.15) is 29.6 Å². The van der Waals surface area contributed by atoms with Crippen LogP contribution in [0, 0.1) is 13.8 Å². The van der Waals surface area contributed by atoms with Gasteiger partial charge in [-0.05, 0) is 45.0 Å². The van der Waals surface area contributed by atoms with E-state index in [1.54, 1.807) is 0 Å². The highest BCUT2D eigenvalue weighted by Gasteiger charge is 2.26. The van der Waals surface area contributed by atoms with Crippen molar-refractivity contribution in [3.63, 3.8) is 0 Å². The maximum absolute atomic E-state index is 5.77. The zero-order valence-electron chi connectivity index (χ0n) is 13.3. The van der Waals surface area contributed by atoms with Crippen LogP contribution in [0.25, 0.3) is 0 Å². The molecule has 0 bridgehead atoms. The van der Waals surface area contributed by atoms with E-state index in [-0.39, 0.29) is 0 Å². The fraction of sp³-hybridized carbons (Fsp3) is 0.444. The van der Waals surface area contributed by atoms with Gasteiger partial charge in [-0.1, -0.05) is 18.2 Å². The molecule has 1 aliphatic rings. The van der Waals surface area contributed by atoms with Crippen molar-refractivity contribution < 1.29 is 4.74 Å². The van der Waals surface area contributed by atoms with Crippen molar-refractivity contribution in [2.45, 2.75) is 26.2 Å². The smallest absolute Gasteiger partial charge is 0.133 e. The lowest BCUT2D eigenvalue weighted by atomic mass is 10.1. The fourth-order valence-electron chi connectivity index (χ4n) is 2.99. The van der Waals surface area contributed by atoms with Gasteiger partial charge in [0.2, 0.25) is 0 Å². The van der Waals surface area contributed by atoms with E-state index >= 15 is 0 Å². The third-order valence-corrected chi connectivity index (χ3v) is 4.06. The van der Waals surface area contributed by atoms with Gasteiger partial charge in [-0.3, -0.25) is 4.90 Å². The molecule has 1 atom stereocenters. The summed E-state index contributed by atoms with van der Waals surface area (Å²) in [5.74, 6) is 2.40. The predicted molar refractivity (Wildman–Crippen MR) is 87.2 cm³/mol. The van der Waals surface area contributed by atoms with Crippen LogP contribution in [0.3, 0.4) is 0 Å². The first-order chi connectivity index (χ1) is 10.7. The summed E-state index contributed by atoms with van der Waals surface area (Å²) >= 11 is 0. The summed E-state index contributed by atoms with van der Waals surface area (Å²) in [4.78, 5) is 11.7. The Labute approximate surface area is 132 Å². The number of ether oxygens (including phenoxy) is 1. The lowest BCUT2D eigenvalue weighted by Crippen LogP contribution is -2.26. The molecule has 0 amide bonds. The molecule has 4 nitrogen and oxygen atoms in total. The van der Waals surface area contributed by atoms with Crippen LogP contribution in [-0.2, 0) is 0 Å². The van der Waals surface area contributed by atoms with E-state index in [1.807, 2.05) is 50.2 Å². The van der Waals surface area contributed by atoms with Gasteiger partial charge >= 0.3 is 0 Å². The first kappa shape index (κ1) is 15.0. The van der Waals surface area contributed by atoms with Crippen LogP contribution in [0.15, 0.2) is 36.4 Å². The average molecular weight is 297 g/mol. The van der Waals surface area contributed by atoms with E-state index in [4.69, 9.17) is 4.74 Å². The van der Waals surface area contributed by atoms with E-state index in [2.05, 4.69) is 14.9 Å². The van der Waals surface area contributed by atoms with Gasteiger partial charge in [-0.15, -0.1) is 0 Å². The van der Waals surface area contributed by atoms with Crippen molar-refractivity contribution in [2.75, 3.05) is 26.2 Å². The SMILES string of the molecule is Cc1cc(C)nc(C2CCN(CCOc3ccccc3)C2)n1. The minimum Gasteiger partial charge on any atom is -0.492 e. The molecule has 1 aromatic carbocycles. The van der Waals surface area contributed by atoms with Gasteiger partial charge in [-0.2, -0.15) is 0 Å². The second kappa shape index (κ2) is 6.88. The van der Waals surface area contributed by atoms with Gasteiger partial charge in [0, 0.05) is 30.4 Å². The molecule has 2 heterocycles. The molecule has 2 aromatic rings. The van der Waals surface area contributed by atoms with E-state index in [9.17, 15) is 0 Å². The maximum Gasteiger partial charge on any atom is 0.133 e. The molecule has 4 heteroatoms. The largest absolute Gasteiger partial charge is 0.492 e. The summed E-state index contributed by atoms with van der Waals surface area (Å²) in [5.41, 5.74) is 2.13. The lowest BCUT2D eigenvalue weighted by molar-refractivity contribution is 0.236. The van der Waals surface area contributed by atoms with Gasteiger partial charge < -0.3 is 4.74 Å². The Kier molecular flexibility index (Phi) is 4.68. The quantitative estimate of drug-likeness (QED) is 0.850. The van der Waals surface area contributed by atoms with Crippen LogP contribution in [0.5, 0.6) is 5.75 Å². The van der Waals surface area contributed by atoms with Crippen molar-refractivity contribution in [1.29, 1.82) is 0 Å². The number of aromatic nitrogens is 2.